The zero-order chi connectivity index (χ0) is 20.7. The monoisotopic (exact) mass is 400 g/mol. The van der Waals surface area contributed by atoms with Crippen LogP contribution in [0.3, 0.4) is 0 Å². The van der Waals surface area contributed by atoms with Crippen LogP contribution in [-0.2, 0) is 14.6 Å². The summed E-state index contributed by atoms with van der Waals surface area (Å²) in [7, 11) is -2.10. The maximum absolute atomic E-state index is 13.0. The minimum absolute atomic E-state index is 0.0697. The first kappa shape index (κ1) is 20.1. The molecule has 0 saturated heterocycles. The second-order valence-corrected chi connectivity index (χ2v) is 9.49. The molecule has 1 aliphatic rings. The van der Waals surface area contributed by atoms with Crippen LogP contribution < -0.4 is 5.01 Å². The number of ketones is 1. The molecule has 0 radical (unpaired) electrons. The highest BCUT2D eigenvalue weighted by atomic mass is 32.2. The van der Waals surface area contributed by atoms with Crippen LogP contribution >= 0.6 is 0 Å². The molecule has 0 N–H and O–H groups in total. The zero-order valence-corrected chi connectivity index (χ0v) is 17.3. The van der Waals surface area contributed by atoms with E-state index in [9.17, 15) is 18.0 Å². The Bertz CT molecular complexity index is 1030. The molecule has 0 saturated carbocycles. The molecular weight excluding hydrogens is 376 g/mol. The lowest BCUT2D eigenvalue weighted by Crippen LogP contribution is -2.53. The van der Waals surface area contributed by atoms with Crippen molar-refractivity contribution in [3.63, 3.8) is 0 Å². The Morgan fingerprint density at radius 2 is 1.75 bits per heavy atom. The van der Waals surface area contributed by atoms with Crippen LogP contribution in [0.25, 0.3) is 0 Å². The van der Waals surface area contributed by atoms with Gasteiger partial charge in [-0.05, 0) is 30.3 Å². The van der Waals surface area contributed by atoms with Gasteiger partial charge in [0.25, 0.3) is 0 Å². The van der Waals surface area contributed by atoms with Crippen LogP contribution in [0.2, 0.25) is 0 Å². The van der Waals surface area contributed by atoms with Gasteiger partial charge in [0.15, 0.2) is 5.78 Å². The summed E-state index contributed by atoms with van der Waals surface area (Å²) in [5.74, 6) is -0.188. The lowest BCUT2D eigenvalue weighted by Gasteiger charge is -2.43. The summed E-state index contributed by atoms with van der Waals surface area (Å²) in [4.78, 5) is 25.5. The van der Waals surface area contributed by atoms with Crippen LogP contribution in [0, 0.1) is 5.41 Å². The molecule has 1 aliphatic heterocycles. The van der Waals surface area contributed by atoms with Crippen LogP contribution in [0.15, 0.2) is 58.3 Å². The Morgan fingerprint density at radius 3 is 2.36 bits per heavy atom. The zero-order valence-electron chi connectivity index (χ0n) is 16.5. The number of nitrogens with zero attached hydrogens (tertiary/aromatic N) is 2. The van der Waals surface area contributed by atoms with Gasteiger partial charge in [-0.1, -0.05) is 39.0 Å². The smallest absolute Gasteiger partial charge is 0.240 e. The summed E-state index contributed by atoms with van der Waals surface area (Å²) in [5.41, 5.74) is 0.152. The molecule has 1 heterocycles. The first-order valence-corrected chi connectivity index (χ1v) is 10.6. The summed E-state index contributed by atoms with van der Waals surface area (Å²) in [6.45, 7) is 5.69. The summed E-state index contributed by atoms with van der Waals surface area (Å²) in [5, 5.41) is 3.17. The molecular formula is C21H24N2O4S. The molecule has 0 atom stereocenters. The van der Waals surface area contributed by atoms with Crippen molar-refractivity contribution < 1.29 is 18.0 Å². The molecule has 0 fully saturated rings. The minimum Gasteiger partial charge on any atom is -0.293 e. The molecule has 28 heavy (non-hydrogen) atoms. The van der Waals surface area contributed by atoms with Crippen molar-refractivity contribution in [3.05, 3.63) is 54.1 Å². The number of hydrazine groups is 1. The predicted molar refractivity (Wildman–Crippen MR) is 107 cm³/mol. The highest BCUT2D eigenvalue weighted by molar-refractivity contribution is 7.91. The first-order valence-electron chi connectivity index (χ1n) is 9.12. The quantitative estimate of drug-likeness (QED) is 0.787. The summed E-state index contributed by atoms with van der Waals surface area (Å²) >= 11 is 0. The third kappa shape index (κ3) is 3.30. The van der Waals surface area contributed by atoms with Gasteiger partial charge in [-0.3, -0.25) is 19.6 Å². The molecule has 6 nitrogen and oxygen atoms in total. The van der Waals surface area contributed by atoms with Crippen molar-refractivity contribution in [1.82, 2.24) is 5.01 Å². The Labute approximate surface area is 165 Å². The van der Waals surface area contributed by atoms with Crippen LogP contribution in [-0.4, -0.2) is 38.7 Å². The van der Waals surface area contributed by atoms with E-state index in [1.165, 1.54) is 29.3 Å². The SMILES string of the molecule is CCC(=O)N(C)N1CC(C)(C)C(=O)c2ccc(S(=O)(=O)c3ccccc3)cc21. The molecule has 3 rings (SSSR count). The third-order valence-electron chi connectivity index (χ3n) is 5.04. The van der Waals surface area contributed by atoms with E-state index in [0.29, 0.717) is 17.7 Å². The van der Waals surface area contributed by atoms with Crippen molar-refractivity contribution in [2.45, 2.75) is 37.0 Å². The topological polar surface area (TPSA) is 74.8 Å². The lowest BCUT2D eigenvalue weighted by molar-refractivity contribution is -0.130. The predicted octanol–water partition coefficient (Wildman–Crippen LogP) is 3.33. The molecule has 0 aliphatic carbocycles. The van der Waals surface area contributed by atoms with E-state index in [4.69, 9.17) is 0 Å². The molecule has 0 aromatic heterocycles. The number of sulfone groups is 1. The van der Waals surface area contributed by atoms with Gasteiger partial charge in [0, 0.05) is 24.4 Å². The standard InChI is InChI=1S/C21H24N2O4S/c1-5-19(24)22(4)23-14-21(2,3)20(25)17-12-11-16(13-18(17)23)28(26,27)15-9-7-6-8-10-15/h6-13H,5,14H2,1-4H3. The third-order valence-corrected chi connectivity index (χ3v) is 6.81. The fourth-order valence-corrected chi connectivity index (χ4v) is 4.65. The van der Waals surface area contributed by atoms with Gasteiger partial charge in [-0.25, -0.2) is 8.42 Å². The number of carbonyl (C=O) groups is 2. The number of hydrogen-bond acceptors (Lipinski definition) is 5. The summed E-state index contributed by atoms with van der Waals surface area (Å²) in [6.07, 6.45) is 0.304. The number of fused-ring (bicyclic) bond motifs is 1. The van der Waals surface area contributed by atoms with Crippen LogP contribution in [0.1, 0.15) is 37.6 Å². The average molecular weight is 401 g/mol. The number of benzene rings is 2. The van der Waals surface area contributed by atoms with Crippen molar-refractivity contribution in [1.29, 1.82) is 0 Å². The van der Waals surface area contributed by atoms with Gasteiger partial charge < -0.3 is 0 Å². The largest absolute Gasteiger partial charge is 0.293 e. The molecule has 0 unspecified atom stereocenters. The second-order valence-electron chi connectivity index (χ2n) is 7.54. The van der Waals surface area contributed by atoms with Crippen LogP contribution in [0.4, 0.5) is 5.69 Å². The highest BCUT2D eigenvalue weighted by Gasteiger charge is 2.40. The van der Waals surface area contributed by atoms with Gasteiger partial charge in [-0.2, -0.15) is 0 Å². The number of carbonyl (C=O) groups excluding carboxylic acids is 2. The van der Waals surface area contributed by atoms with Gasteiger partial charge in [0.1, 0.15) is 0 Å². The van der Waals surface area contributed by atoms with Gasteiger partial charge >= 0.3 is 0 Å². The fraction of sp³-hybridized carbons (Fsp3) is 0.333. The fourth-order valence-electron chi connectivity index (χ4n) is 3.35. The summed E-state index contributed by atoms with van der Waals surface area (Å²) in [6, 6.07) is 12.6. The van der Waals surface area contributed by atoms with Gasteiger partial charge in [0.2, 0.25) is 15.7 Å². The maximum Gasteiger partial charge on any atom is 0.240 e. The molecule has 2 aromatic rings. The highest BCUT2D eigenvalue weighted by Crippen LogP contribution is 2.39. The Hall–Kier alpha value is -2.67. The van der Waals surface area contributed by atoms with E-state index in [-0.39, 0.29) is 28.0 Å². The number of rotatable bonds is 4. The Morgan fingerprint density at radius 1 is 1.11 bits per heavy atom. The molecule has 1 amide bonds. The minimum atomic E-state index is -3.74. The van der Waals surface area contributed by atoms with Crippen molar-refractivity contribution in [3.8, 4) is 0 Å². The molecule has 0 spiro atoms. The van der Waals surface area contributed by atoms with E-state index < -0.39 is 15.3 Å². The van der Waals surface area contributed by atoms with E-state index >= 15 is 0 Å². The molecule has 0 bridgehead atoms. The van der Waals surface area contributed by atoms with E-state index in [1.807, 2.05) is 13.8 Å². The van der Waals surface area contributed by atoms with Crippen molar-refractivity contribution >= 4 is 27.2 Å². The number of Topliss-reactive ketones (excluding diaryl/α,β-unsaturated/α-hetero) is 1. The Balaban J connectivity index is 2.17. The number of anilines is 1. The second kappa shape index (κ2) is 7.05. The van der Waals surface area contributed by atoms with Crippen molar-refractivity contribution in [2.75, 3.05) is 18.6 Å². The molecule has 2 aromatic carbocycles. The van der Waals surface area contributed by atoms with Gasteiger partial charge in [0.05, 0.1) is 22.0 Å². The van der Waals surface area contributed by atoms with Crippen LogP contribution in [0.5, 0.6) is 0 Å². The summed E-state index contributed by atoms with van der Waals surface area (Å²) < 4.78 is 26.0. The Kier molecular flexibility index (Phi) is 5.06. The maximum atomic E-state index is 13.0. The number of amides is 1. The van der Waals surface area contributed by atoms with Gasteiger partial charge in [-0.15, -0.1) is 0 Å². The van der Waals surface area contributed by atoms with E-state index in [0.717, 1.165) is 0 Å². The molecule has 7 heteroatoms. The first-order chi connectivity index (χ1) is 13.1. The van der Waals surface area contributed by atoms with E-state index in [1.54, 1.807) is 43.2 Å². The van der Waals surface area contributed by atoms with E-state index in [2.05, 4.69) is 0 Å². The molecule has 148 valence electrons. The normalized spacial score (nSPS) is 15.9. The number of hydrogen-bond donors (Lipinski definition) is 0. The van der Waals surface area contributed by atoms with Crippen molar-refractivity contribution in [2.24, 2.45) is 5.41 Å². The lowest BCUT2D eigenvalue weighted by atomic mass is 9.80. The average Bonchev–Trinajstić information content (AvgIpc) is 2.69.